The number of aliphatic hydroxyl groups excluding tert-OH is 1. The number of rotatable bonds is 8. The van der Waals surface area contributed by atoms with Crippen LogP contribution in [0.1, 0.15) is 57.8 Å². The Kier molecular flexibility index (Phi) is 6.97. The van der Waals surface area contributed by atoms with Crippen molar-refractivity contribution in [1.82, 2.24) is 10.1 Å². The number of benzene rings is 1. The molecule has 2 aliphatic carbocycles. The number of likely N-dealkylation sites (tertiary alicyclic amines) is 1. The van der Waals surface area contributed by atoms with Crippen molar-refractivity contribution < 1.29 is 28.6 Å². The summed E-state index contributed by atoms with van der Waals surface area (Å²) in [5.41, 5.74) is 0.306. The highest BCUT2D eigenvalue weighted by atomic mass is 16.5. The van der Waals surface area contributed by atoms with E-state index in [4.69, 9.17) is 18.7 Å². The lowest BCUT2D eigenvalue weighted by molar-refractivity contribution is -0.154. The van der Waals surface area contributed by atoms with Gasteiger partial charge in [0.15, 0.2) is 5.58 Å². The van der Waals surface area contributed by atoms with Gasteiger partial charge < -0.3 is 28.7 Å². The van der Waals surface area contributed by atoms with E-state index in [0.717, 1.165) is 82.8 Å². The number of carbonyl (C=O) groups is 1. The molecule has 2 aromatic rings. The van der Waals surface area contributed by atoms with E-state index in [2.05, 4.69) is 10.1 Å². The number of ether oxygens (including phenoxy) is 3. The predicted octanol–water partition coefficient (Wildman–Crippen LogP) is 3.94. The van der Waals surface area contributed by atoms with Gasteiger partial charge in [0, 0.05) is 6.54 Å². The van der Waals surface area contributed by atoms with Crippen molar-refractivity contribution in [3.63, 3.8) is 0 Å². The Bertz CT molecular complexity index is 977. The average Bonchev–Trinajstić information content (AvgIpc) is 3.60. The van der Waals surface area contributed by atoms with Gasteiger partial charge in [0.2, 0.25) is 0 Å². The highest BCUT2D eigenvalue weighted by Gasteiger charge is 2.44. The molecule has 8 heteroatoms. The van der Waals surface area contributed by atoms with Crippen LogP contribution in [-0.2, 0) is 9.53 Å². The molecule has 3 aliphatic rings. The van der Waals surface area contributed by atoms with Gasteiger partial charge in [-0.25, -0.2) is 0 Å². The van der Waals surface area contributed by atoms with Crippen molar-refractivity contribution in [3.8, 4) is 11.6 Å². The molecule has 2 saturated carbocycles. The SMILES string of the molecule is COC(=O)C1(CN2CCC(COc3noc4cccc(O[C@H]5CCC[C@@H]5O)c34)CC2)CCCC1. The third-order valence-electron chi connectivity index (χ3n) is 7.99. The van der Waals surface area contributed by atoms with Crippen molar-refractivity contribution in [2.45, 2.75) is 70.0 Å². The number of hydrogen-bond donors (Lipinski definition) is 1. The molecule has 0 radical (unpaired) electrons. The third kappa shape index (κ3) is 4.75. The van der Waals surface area contributed by atoms with Gasteiger partial charge in [-0.05, 0) is 81.2 Å². The number of nitrogens with zero attached hydrogens (tertiary/aromatic N) is 2. The topological polar surface area (TPSA) is 94.3 Å². The molecule has 5 rings (SSSR count). The normalized spacial score (nSPS) is 25.6. The molecule has 0 unspecified atom stereocenters. The number of aliphatic hydroxyl groups is 1. The van der Waals surface area contributed by atoms with Crippen LogP contribution < -0.4 is 9.47 Å². The number of aromatic nitrogens is 1. The Morgan fingerprint density at radius 1 is 1.18 bits per heavy atom. The van der Waals surface area contributed by atoms with E-state index in [1.807, 2.05) is 18.2 Å². The maximum Gasteiger partial charge on any atom is 0.313 e. The van der Waals surface area contributed by atoms with Gasteiger partial charge in [-0.15, -0.1) is 0 Å². The molecule has 1 aliphatic heterocycles. The fourth-order valence-corrected chi connectivity index (χ4v) is 5.97. The molecule has 1 N–H and O–H groups in total. The van der Waals surface area contributed by atoms with Gasteiger partial charge >= 0.3 is 5.97 Å². The molecular formula is C26H36N2O6. The minimum absolute atomic E-state index is 0.0449. The molecule has 0 bridgehead atoms. The third-order valence-corrected chi connectivity index (χ3v) is 7.99. The first kappa shape index (κ1) is 23.4. The summed E-state index contributed by atoms with van der Waals surface area (Å²) in [6.45, 7) is 3.29. The second-order valence-corrected chi connectivity index (χ2v) is 10.3. The van der Waals surface area contributed by atoms with Gasteiger partial charge in [0.25, 0.3) is 5.88 Å². The molecular weight excluding hydrogens is 436 g/mol. The maximum absolute atomic E-state index is 12.5. The quantitative estimate of drug-likeness (QED) is 0.578. The molecule has 2 heterocycles. The second-order valence-electron chi connectivity index (χ2n) is 10.3. The molecule has 3 fully saturated rings. The summed E-state index contributed by atoms with van der Waals surface area (Å²) in [6, 6.07) is 5.61. The van der Waals surface area contributed by atoms with Crippen LogP contribution in [0.2, 0.25) is 0 Å². The first-order valence-electron chi connectivity index (χ1n) is 12.7. The summed E-state index contributed by atoms with van der Waals surface area (Å²) in [4.78, 5) is 14.9. The van der Waals surface area contributed by atoms with E-state index in [1.165, 1.54) is 7.11 Å². The Labute approximate surface area is 200 Å². The highest BCUT2D eigenvalue weighted by molar-refractivity contribution is 5.88. The first-order chi connectivity index (χ1) is 16.6. The number of carbonyl (C=O) groups excluding carboxylic acids is 1. The molecule has 34 heavy (non-hydrogen) atoms. The molecule has 1 aromatic heterocycles. The molecule has 0 amide bonds. The van der Waals surface area contributed by atoms with Crippen LogP contribution >= 0.6 is 0 Å². The van der Waals surface area contributed by atoms with E-state index in [0.29, 0.717) is 29.7 Å². The van der Waals surface area contributed by atoms with Crippen molar-refractivity contribution in [2.75, 3.05) is 33.4 Å². The number of hydrogen-bond acceptors (Lipinski definition) is 8. The molecule has 186 valence electrons. The summed E-state index contributed by atoms with van der Waals surface area (Å²) < 4.78 is 22.9. The van der Waals surface area contributed by atoms with Crippen molar-refractivity contribution in [1.29, 1.82) is 0 Å². The van der Waals surface area contributed by atoms with Crippen LogP contribution in [0.5, 0.6) is 11.6 Å². The summed E-state index contributed by atoms with van der Waals surface area (Å²) >= 11 is 0. The van der Waals surface area contributed by atoms with Crippen molar-refractivity contribution in [2.24, 2.45) is 11.3 Å². The summed E-state index contributed by atoms with van der Waals surface area (Å²) in [5, 5.41) is 15.1. The standard InChI is InChI=1S/C26H36N2O6/c1-31-25(30)26(12-2-3-13-26)17-28-14-10-18(11-15-28)16-32-24-23-21(8-5-9-22(23)34-27-24)33-20-7-4-6-19(20)29/h5,8-9,18-20,29H,2-4,6-7,10-17H2,1H3/t19-,20-/m0/s1. The number of fused-ring (bicyclic) bond motifs is 1. The zero-order valence-electron chi connectivity index (χ0n) is 20.0. The van der Waals surface area contributed by atoms with Gasteiger partial charge in [-0.3, -0.25) is 4.79 Å². The monoisotopic (exact) mass is 472 g/mol. The van der Waals surface area contributed by atoms with Crippen molar-refractivity contribution >= 4 is 16.9 Å². The smallest absolute Gasteiger partial charge is 0.313 e. The van der Waals surface area contributed by atoms with E-state index in [9.17, 15) is 9.90 Å². The fraction of sp³-hybridized carbons (Fsp3) is 0.692. The van der Waals surface area contributed by atoms with Crippen LogP contribution in [0.15, 0.2) is 22.7 Å². The Balaban J connectivity index is 1.17. The minimum atomic E-state index is -0.438. The second kappa shape index (κ2) is 10.1. The molecule has 1 aromatic carbocycles. The van der Waals surface area contributed by atoms with E-state index in [1.54, 1.807) is 0 Å². The highest BCUT2D eigenvalue weighted by Crippen LogP contribution is 2.41. The lowest BCUT2D eigenvalue weighted by Gasteiger charge is -2.37. The molecule has 1 saturated heterocycles. The van der Waals surface area contributed by atoms with Gasteiger partial charge in [-0.1, -0.05) is 18.9 Å². The first-order valence-corrected chi connectivity index (χ1v) is 12.7. The molecule has 2 atom stereocenters. The number of piperidine rings is 1. The lowest BCUT2D eigenvalue weighted by atomic mass is 9.84. The average molecular weight is 473 g/mol. The van der Waals surface area contributed by atoms with Crippen LogP contribution in [0.3, 0.4) is 0 Å². The predicted molar refractivity (Wildman–Crippen MR) is 126 cm³/mol. The van der Waals surface area contributed by atoms with Crippen LogP contribution in [0.25, 0.3) is 11.0 Å². The summed E-state index contributed by atoms with van der Waals surface area (Å²) in [7, 11) is 1.51. The largest absolute Gasteiger partial charge is 0.487 e. The van der Waals surface area contributed by atoms with Crippen molar-refractivity contribution in [3.05, 3.63) is 18.2 Å². The number of methoxy groups -OCH3 is 1. The lowest BCUT2D eigenvalue weighted by Crippen LogP contribution is -2.45. The van der Waals surface area contributed by atoms with E-state index in [-0.39, 0.29) is 17.5 Å². The molecule has 0 spiro atoms. The fourth-order valence-electron chi connectivity index (χ4n) is 5.97. The molecule has 8 nitrogen and oxygen atoms in total. The Morgan fingerprint density at radius 3 is 2.68 bits per heavy atom. The Morgan fingerprint density at radius 2 is 1.97 bits per heavy atom. The van der Waals surface area contributed by atoms with Crippen LogP contribution in [0, 0.1) is 11.3 Å². The van der Waals surface area contributed by atoms with E-state index >= 15 is 0 Å². The van der Waals surface area contributed by atoms with E-state index < -0.39 is 6.10 Å². The van der Waals surface area contributed by atoms with Crippen LogP contribution in [-0.4, -0.2) is 66.7 Å². The zero-order chi connectivity index (χ0) is 23.5. The minimum Gasteiger partial charge on any atom is -0.487 e. The van der Waals surface area contributed by atoms with Gasteiger partial charge in [0.05, 0.1) is 25.2 Å². The van der Waals surface area contributed by atoms with Gasteiger partial charge in [-0.2, -0.15) is 0 Å². The van der Waals surface area contributed by atoms with Crippen LogP contribution in [0.4, 0.5) is 0 Å². The summed E-state index contributed by atoms with van der Waals surface area (Å²) in [6.07, 6.45) is 8.06. The van der Waals surface area contributed by atoms with Gasteiger partial charge in [0.1, 0.15) is 17.2 Å². The Hall–Kier alpha value is -2.32. The maximum atomic E-state index is 12.5. The zero-order valence-corrected chi connectivity index (χ0v) is 20.0. The number of esters is 1. The summed E-state index contributed by atoms with van der Waals surface area (Å²) in [5.74, 6) is 1.48.